The van der Waals surface area contributed by atoms with Crippen LogP contribution in [0.3, 0.4) is 0 Å². The van der Waals surface area contributed by atoms with Crippen molar-refractivity contribution in [3.8, 4) is 66.8 Å². The van der Waals surface area contributed by atoms with Crippen LogP contribution in [0.2, 0.25) is 0 Å². The van der Waals surface area contributed by atoms with Gasteiger partial charge in [-0.2, -0.15) is 0 Å². The van der Waals surface area contributed by atoms with Crippen LogP contribution in [0.4, 0.5) is 34.1 Å². The molecule has 0 radical (unpaired) electrons. The SMILES string of the molecule is c1ccc(-c2cc(-c3ccccc3)cc(-c3cccc4c3oc3cccc(-c5cc(N(c6ccccc6)c6cccc(-c7ccc8sc9ccccc9c8c7)c6)cc(N(c6ccccc6)c6cccc(-c7ccc8sc9ccccc9c8c7)c6)c5)c34)c2)cc1. The lowest BCUT2D eigenvalue weighted by Crippen LogP contribution is -2.13. The third-order valence-corrected chi connectivity index (χ3v) is 19.7. The van der Waals surface area contributed by atoms with Gasteiger partial charge in [0, 0.05) is 90.8 Å². The first-order valence-corrected chi connectivity index (χ1v) is 31.8. The summed E-state index contributed by atoms with van der Waals surface area (Å²) in [6.07, 6.45) is 0. The maximum atomic E-state index is 7.21. The molecule has 89 heavy (non-hydrogen) atoms. The average Bonchev–Trinajstić information content (AvgIpc) is 2.16. The van der Waals surface area contributed by atoms with E-state index >= 15 is 0 Å². The van der Waals surface area contributed by atoms with Crippen LogP contribution in [0.25, 0.3) is 129 Å². The minimum Gasteiger partial charge on any atom is -0.455 e. The second-order valence-electron chi connectivity index (χ2n) is 22.8. The molecule has 0 aliphatic carbocycles. The molecule has 0 aliphatic rings. The first-order valence-electron chi connectivity index (χ1n) is 30.2. The Bertz CT molecular complexity index is 5240. The third kappa shape index (κ3) is 9.52. The minimum atomic E-state index is 0.824. The molecule has 14 aromatic carbocycles. The number of thiophene rings is 2. The van der Waals surface area contributed by atoms with Crippen molar-refractivity contribution in [1.82, 2.24) is 0 Å². The van der Waals surface area contributed by atoms with Gasteiger partial charge in [-0.05, 0) is 189 Å². The molecule has 0 fully saturated rings. The van der Waals surface area contributed by atoms with E-state index in [1.165, 1.54) is 51.5 Å². The highest BCUT2D eigenvalue weighted by molar-refractivity contribution is 7.26. The second kappa shape index (κ2) is 22.0. The van der Waals surface area contributed by atoms with Crippen LogP contribution in [0.5, 0.6) is 0 Å². The monoisotopic (exact) mass is 1170 g/mol. The summed E-state index contributed by atoms with van der Waals surface area (Å²) in [4.78, 5) is 4.84. The van der Waals surface area contributed by atoms with Gasteiger partial charge in [0.25, 0.3) is 0 Å². The Balaban J connectivity index is 0.880. The highest BCUT2D eigenvalue weighted by Gasteiger charge is 2.24. The third-order valence-electron chi connectivity index (χ3n) is 17.4. The smallest absolute Gasteiger partial charge is 0.143 e. The molecule has 0 aliphatic heterocycles. The van der Waals surface area contributed by atoms with E-state index in [4.69, 9.17) is 4.42 Å². The Morgan fingerprint density at radius 1 is 0.213 bits per heavy atom. The summed E-state index contributed by atoms with van der Waals surface area (Å²) in [5.74, 6) is 0. The summed E-state index contributed by atoms with van der Waals surface area (Å²) in [5.41, 5.74) is 21.4. The summed E-state index contributed by atoms with van der Waals surface area (Å²) in [6, 6.07) is 120. The number of rotatable bonds is 12. The van der Waals surface area contributed by atoms with Crippen LogP contribution in [0.15, 0.2) is 332 Å². The predicted octanol–water partition coefficient (Wildman–Crippen LogP) is 25.3. The normalized spacial score (nSPS) is 11.6. The Morgan fingerprint density at radius 3 is 1.13 bits per heavy atom. The summed E-state index contributed by atoms with van der Waals surface area (Å²) < 4.78 is 12.4. The quantitative estimate of drug-likeness (QED) is 0.122. The number of nitrogens with zero attached hydrogens (tertiary/aromatic N) is 2. The van der Waals surface area contributed by atoms with E-state index in [1.54, 1.807) is 0 Å². The van der Waals surface area contributed by atoms with Gasteiger partial charge in [0.05, 0.1) is 0 Å². The molecule has 0 bridgehead atoms. The van der Waals surface area contributed by atoms with Crippen LogP contribution in [-0.4, -0.2) is 0 Å². The van der Waals surface area contributed by atoms with Gasteiger partial charge in [-0.15, -0.1) is 22.7 Å². The van der Waals surface area contributed by atoms with Gasteiger partial charge in [0.15, 0.2) is 0 Å². The van der Waals surface area contributed by atoms with Gasteiger partial charge in [-0.1, -0.05) is 200 Å². The molecule has 0 spiro atoms. The molecule has 418 valence electrons. The Labute approximate surface area is 524 Å². The number of para-hydroxylation sites is 3. The van der Waals surface area contributed by atoms with Crippen LogP contribution in [0, 0.1) is 0 Å². The largest absolute Gasteiger partial charge is 0.455 e. The molecule has 0 atom stereocenters. The highest BCUT2D eigenvalue weighted by atomic mass is 32.1. The first-order chi connectivity index (χ1) is 44.1. The molecule has 3 nitrogen and oxygen atoms in total. The van der Waals surface area contributed by atoms with Crippen LogP contribution in [0.1, 0.15) is 0 Å². The Morgan fingerprint density at radius 2 is 0.596 bits per heavy atom. The van der Waals surface area contributed by atoms with E-state index in [-0.39, 0.29) is 0 Å². The Kier molecular flexibility index (Phi) is 12.9. The van der Waals surface area contributed by atoms with Crippen LogP contribution >= 0.6 is 22.7 Å². The number of fused-ring (bicyclic) bond motifs is 9. The van der Waals surface area contributed by atoms with Crippen molar-refractivity contribution in [2.24, 2.45) is 0 Å². The van der Waals surface area contributed by atoms with Gasteiger partial charge >= 0.3 is 0 Å². The number of anilines is 6. The number of hydrogen-bond acceptors (Lipinski definition) is 5. The summed E-state index contributed by atoms with van der Waals surface area (Å²) >= 11 is 3.70. The fraction of sp³-hybridized carbons (Fsp3) is 0. The molecule has 17 aromatic rings. The molecular formula is C84H54N2OS2. The fourth-order valence-electron chi connectivity index (χ4n) is 13.2. The lowest BCUT2D eigenvalue weighted by Gasteiger charge is -2.31. The highest BCUT2D eigenvalue weighted by Crippen LogP contribution is 2.49. The molecule has 0 N–H and O–H groups in total. The van der Waals surface area contributed by atoms with E-state index < -0.39 is 0 Å². The second-order valence-corrected chi connectivity index (χ2v) is 25.0. The van der Waals surface area contributed by atoms with Crippen molar-refractivity contribution in [1.29, 1.82) is 0 Å². The maximum absolute atomic E-state index is 7.21. The van der Waals surface area contributed by atoms with Gasteiger partial charge < -0.3 is 14.2 Å². The molecule has 3 heterocycles. The molecule has 0 saturated heterocycles. The fourth-order valence-corrected chi connectivity index (χ4v) is 15.4. The first kappa shape index (κ1) is 52.3. The van der Waals surface area contributed by atoms with Crippen molar-refractivity contribution in [3.05, 3.63) is 328 Å². The summed E-state index contributed by atoms with van der Waals surface area (Å²) in [5, 5.41) is 7.25. The predicted molar refractivity (Wildman–Crippen MR) is 381 cm³/mol. The maximum Gasteiger partial charge on any atom is 0.143 e. The van der Waals surface area contributed by atoms with Crippen molar-refractivity contribution in [2.45, 2.75) is 0 Å². The van der Waals surface area contributed by atoms with Crippen molar-refractivity contribution >= 4 is 119 Å². The van der Waals surface area contributed by atoms with Gasteiger partial charge in [-0.3, -0.25) is 0 Å². The zero-order valence-electron chi connectivity index (χ0n) is 48.3. The van der Waals surface area contributed by atoms with Gasteiger partial charge in [0.1, 0.15) is 11.2 Å². The van der Waals surface area contributed by atoms with Gasteiger partial charge in [0.2, 0.25) is 0 Å². The molecular weight excluding hydrogens is 1120 g/mol. The van der Waals surface area contributed by atoms with E-state index in [2.05, 4.69) is 337 Å². The molecule has 0 saturated carbocycles. The van der Waals surface area contributed by atoms with Crippen LogP contribution < -0.4 is 9.80 Å². The van der Waals surface area contributed by atoms with Crippen molar-refractivity contribution in [3.63, 3.8) is 0 Å². The van der Waals surface area contributed by atoms with Gasteiger partial charge in [-0.25, -0.2) is 0 Å². The number of benzene rings is 14. The van der Waals surface area contributed by atoms with Crippen LogP contribution in [-0.2, 0) is 0 Å². The number of furan rings is 1. The zero-order valence-corrected chi connectivity index (χ0v) is 49.9. The van der Waals surface area contributed by atoms with E-state index in [9.17, 15) is 0 Å². The van der Waals surface area contributed by atoms with E-state index in [1.807, 2.05) is 22.7 Å². The minimum absolute atomic E-state index is 0.824. The number of hydrogen-bond donors (Lipinski definition) is 0. The molecule has 17 rings (SSSR count). The van der Waals surface area contributed by atoms with Crippen molar-refractivity contribution in [2.75, 3.05) is 9.80 Å². The molecule has 3 aromatic heterocycles. The molecule has 5 heteroatoms. The lowest BCUT2D eigenvalue weighted by atomic mass is 9.92. The molecule has 0 amide bonds. The summed E-state index contributed by atoms with van der Waals surface area (Å²) in [7, 11) is 0. The van der Waals surface area contributed by atoms with E-state index in [0.717, 1.165) is 112 Å². The standard InChI is InChI=1S/C84H54N2OS2/c1-5-21-55(22-6-1)61-45-62(56-23-7-2-8-24-56)47-63(46-61)72-36-19-37-75-83-71(35-20-38-78(83)87-84(72)75)64-50-69(85(65-27-9-3-10-28-65)67-31-17-25-57(48-67)59-41-43-81-76(52-59)73-33-13-15-39-79(73)88-81)54-70(51-64)86(66-29-11-4-12-30-66)68-32-18-26-58(49-68)60-42-44-82-77(53-60)74-34-14-16-40-80(74)89-82/h1-54H. The zero-order chi connectivity index (χ0) is 58.8. The van der Waals surface area contributed by atoms with Crippen molar-refractivity contribution < 1.29 is 4.42 Å². The Hall–Kier alpha value is -11.1. The average molecular weight is 1170 g/mol. The summed E-state index contributed by atoms with van der Waals surface area (Å²) in [6.45, 7) is 0. The van der Waals surface area contributed by atoms with E-state index in [0.29, 0.717) is 0 Å². The molecule has 0 unspecified atom stereocenters. The topological polar surface area (TPSA) is 19.6 Å². The lowest BCUT2D eigenvalue weighted by molar-refractivity contribution is 0.670.